The summed E-state index contributed by atoms with van der Waals surface area (Å²) in [7, 11) is 0. The van der Waals surface area contributed by atoms with Gasteiger partial charge in [-0.3, -0.25) is 0 Å². The standard InChI is InChI=1S/C18H18O2/c1-18(2,19)11-16-14-8-4-3-7-13(14)12-20-17-10-6-5-9-15(16)17/h3-11,19H,12H2,1-2H3/b16-11-. The van der Waals surface area contributed by atoms with Crippen molar-refractivity contribution in [2.75, 3.05) is 0 Å². The van der Waals surface area contributed by atoms with Crippen LogP contribution in [-0.2, 0) is 6.61 Å². The van der Waals surface area contributed by atoms with E-state index in [1.807, 2.05) is 42.5 Å². The smallest absolute Gasteiger partial charge is 0.127 e. The SMILES string of the molecule is CC(C)(O)/C=C1/c2ccccc2COc2ccccc21. The van der Waals surface area contributed by atoms with Crippen molar-refractivity contribution in [3.63, 3.8) is 0 Å². The van der Waals surface area contributed by atoms with E-state index in [0.29, 0.717) is 6.61 Å². The van der Waals surface area contributed by atoms with Crippen LogP contribution in [0.15, 0.2) is 54.6 Å². The summed E-state index contributed by atoms with van der Waals surface area (Å²) in [5, 5.41) is 10.2. The minimum atomic E-state index is -0.875. The van der Waals surface area contributed by atoms with Crippen molar-refractivity contribution in [2.24, 2.45) is 0 Å². The van der Waals surface area contributed by atoms with Gasteiger partial charge in [0, 0.05) is 5.56 Å². The van der Waals surface area contributed by atoms with Gasteiger partial charge in [0.05, 0.1) is 5.60 Å². The molecule has 0 spiro atoms. The molecule has 0 radical (unpaired) electrons. The summed E-state index contributed by atoms with van der Waals surface area (Å²) in [5.74, 6) is 0.860. The van der Waals surface area contributed by atoms with Gasteiger partial charge in [-0.15, -0.1) is 0 Å². The summed E-state index contributed by atoms with van der Waals surface area (Å²) >= 11 is 0. The van der Waals surface area contributed by atoms with Crippen LogP contribution in [0.4, 0.5) is 0 Å². The lowest BCUT2D eigenvalue weighted by atomic mass is 9.91. The number of hydrogen-bond acceptors (Lipinski definition) is 2. The predicted molar refractivity (Wildman–Crippen MR) is 80.6 cm³/mol. The van der Waals surface area contributed by atoms with Crippen LogP contribution >= 0.6 is 0 Å². The molecular weight excluding hydrogens is 248 g/mol. The van der Waals surface area contributed by atoms with Crippen LogP contribution in [0, 0.1) is 0 Å². The second-order valence-electron chi connectivity index (χ2n) is 5.65. The highest BCUT2D eigenvalue weighted by Crippen LogP contribution is 2.37. The molecule has 20 heavy (non-hydrogen) atoms. The quantitative estimate of drug-likeness (QED) is 0.851. The third kappa shape index (κ3) is 2.47. The summed E-state index contributed by atoms with van der Waals surface area (Å²) < 4.78 is 5.90. The van der Waals surface area contributed by atoms with Gasteiger partial charge in [-0.05, 0) is 42.7 Å². The van der Waals surface area contributed by atoms with E-state index in [9.17, 15) is 5.11 Å². The van der Waals surface area contributed by atoms with Gasteiger partial charge in [-0.2, -0.15) is 0 Å². The third-order valence-corrected chi connectivity index (χ3v) is 3.37. The number of benzene rings is 2. The van der Waals surface area contributed by atoms with E-state index in [1.54, 1.807) is 13.8 Å². The monoisotopic (exact) mass is 266 g/mol. The Labute approximate surface area is 119 Å². The lowest BCUT2D eigenvalue weighted by Gasteiger charge is -2.17. The molecule has 0 fully saturated rings. The number of hydrogen-bond donors (Lipinski definition) is 1. The number of rotatable bonds is 1. The van der Waals surface area contributed by atoms with Crippen LogP contribution in [-0.4, -0.2) is 10.7 Å². The Kier molecular flexibility index (Phi) is 3.11. The van der Waals surface area contributed by atoms with Crippen LogP contribution < -0.4 is 4.74 Å². The molecule has 0 unspecified atom stereocenters. The lowest BCUT2D eigenvalue weighted by Crippen LogP contribution is -2.15. The first-order chi connectivity index (χ1) is 9.54. The highest BCUT2D eigenvalue weighted by atomic mass is 16.5. The molecular formula is C18H18O2. The van der Waals surface area contributed by atoms with Crippen molar-refractivity contribution in [3.05, 3.63) is 71.3 Å². The van der Waals surface area contributed by atoms with E-state index in [-0.39, 0.29) is 0 Å². The zero-order valence-corrected chi connectivity index (χ0v) is 11.8. The molecule has 0 aromatic heterocycles. The average Bonchev–Trinajstić information content (AvgIpc) is 2.56. The van der Waals surface area contributed by atoms with Gasteiger partial charge in [0.25, 0.3) is 0 Å². The second-order valence-corrected chi connectivity index (χ2v) is 5.65. The highest BCUT2D eigenvalue weighted by molar-refractivity contribution is 5.85. The Morgan fingerprint density at radius 3 is 2.40 bits per heavy atom. The van der Waals surface area contributed by atoms with Crippen molar-refractivity contribution < 1.29 is 9.84 Å². The van der Waals surface area contributed by atoms with Gasteiger partial charge in [-0.25, -0.2) is 0 Å². The predicted octanol–water partition coefficient (Wildman–Crippen LogP) is 3.78. The van der Waals surface area contributed by atoms with Crippen LogP contribution in [0.25, 0.3) is 5.57 Å². The molecule has 0 saturated heterocycles. The zero-order valence-electron chi connectivity index (χ0n) is 11.8. The molecule has 2 aromatic rings. The Hall–Kier alpha value is -2.06. The second kappa shape index (κ2) is 4.80. The Balaban J connectivity index is 2.27. The summed E-state index contributed by atoms with van der Waals surface area (Å²) in [6, 6.07) is 16.2. The van der Waals surface area contributed by atoms with Crippen LogP contribution in [0.2, 0.25) is 0 Å². The molecule has 2 nitrogen and oxygen atoms in total. The number of aliphatic hydroxyl groups is 1. The average molecular weight is 266 g/mol. The largest absolute Gasteiger partial charge is 0.488 e. The molecule has 1 aliphatic rings. The fraction of sp³-hybridized carbons (Fsp3) is 0.222. The Morgan fingerprint density at radius 1 is 1.00 bits per heavy atom. The highest BCUT2D eigenvalue weighted by Gasteiger charge is 2.21. The molecule has 1 heterocycles. The maximum Gasteiger partial charge on any atom is 0.127 e. The van der Waals surface area contributed by atoms with E-state index in [0.717, 1.165) is 28.0 Å². The van der Waals surface area contributed by atoms with Crippen molar-refractivity contribution >= 4 is 5.57 Å². The molecule has 0 atom stereocenters. The van der Waals surface area contributed by atoms with Crippen LogP contribution in [0.3, 0.4) is 0 Å². The van der Waals surface area contributed by atoms with E-state index in [4.69, 9.17) is 4.74 Å². The van der Waals surface area contributed by atoms with Crippen LogP contribution in [0.1, 0.15) is 30.5 Å². The first-order valence-corrected chi connectivity index (χ1v) is 6.80. The summed E-state index contributed by atoms with van der Waals surface area (Å²) in [4.78, 5) is 0. The first kappa shape index (κ1) is 12.9. The van der Waals surface area contributed by atoms with E-state index < -0.39 is 5.60 Å². The molecule has 0 saturated carbocycles. The molecule has 2 heteroatoms. The molecule has 3 rings (SSSR count). The Bertz CT molecular complexity index is 614. The maximum atomic E-state index is 10.2. The van der Waals surface area contributed by atoms with E-state index >= 15 is 0 Å². The minimum absolute atomic E-state index is 0.552. The number of fused-ring (bicyclic) bond motifs is 2. The molecule has 102 valence electrons. The van der Waals surface area contributed by atoms with Crippen molar-refractivity contribution in [1.82, 2.24) is 0 Å². The van der Waals surface area contributed by atoms with Crippen molar-refractivity contribution in [3.8, 4) is 5.75 Å². The van der Waals surface area contributed by atoms with Gasteiger partial charge in [-0.1, -0.05) is 42.5 Å². The van der Waals surface area contributed by atoms with E-state index in [2.05, 4.69) is 12.1 Å². The fourth-order valence-electron chi connectivity index (χ4n) is 2.53. The van der Waals surface area contributed by atoms with Gasteiger partial charge < -0.3 is 9.84 Å². The van der Waals surface area contributed by atoms with E-state index in [1.165, 1.54) is 0 Å². The third-order valence-electron chi connectivity index (χ3n) is 3.37. The molecule has 0 amide bonds. The zero-order chi connectivity index (χ0) is 14.2. The van der Waals surface area contributed by atoms with Crippen molar-refractivity contribution in [2.45, 2.75) is 26.1 Å². The maximum absolute atomic E-state index is 10.2. The van der Waals surface area contributed by atoms with Gasteiger partial charge in [0.2, 0.25) is 0 Å². The van der Waals surface area contributed by atoms with Gasteiger partial charge in [0.1, 0.15) is 12.4 Å². The molecule has 1 N–H and O–H groups in total. The summed E-state index contributed by atoms with van der Waals surface area (Å²) in [5.41, 5.74) is 3.44. The summed E-state index contributed by atoms with van der Waals surface area (Å²) in [6.07, 6.45) is 1.90. The lowest BCUT2D eigenvalue weighted by molar-refractivity contribution is 0.133. The van der Waals surface area contributed by atoms with Gasteiger partial charge in [0.15, 0.2) is 0 Å². The normalized spacial score (nSPS) is 16.1. The Morgan fingerprint density at radius 2 is 1.65 bits per heavy atom. The molecule has 0 aliphatic carbocycles. The number of ether oxygens (including phenoxy) is 1. The first-order valence-electron chi connectivity index (χ1n) is 6.80. The minimum Gasteiger partial charge on any atom is -0.488 e. The van der Waals surface area contributed by atoms with Crippen LogP contribution in [0.5, 0.6) is 5.75 Å². The number of para-hydroxylation sites is 1. The molecule has 0 bridgehead atoms. The van der Waals surface area contributed by atoms with Gasteiger partial charge >= 0.3 is 0 Å². The molecule has 1 aliphatic heterocycles. The molecule has 2 aromatic carbocycles. The summed E-state index contributed by atoms with van der Waals surface area (Å²) in [6.45, 7) is 4.13. The van der Waals surface area contributed by atoms with Crippen molar-refractivity contribution in [1.29, 1.82) is 0 Å². The topological polar surface area (TPSA) is 29.5 Å². The fourth-order valence-corrected chi connectivity index (χ4v) is 2.53.